The number of sulfone groups is 1. The van der Waals surface area contributed by atoms with Crippen LogP contribution >= 0.6 is 0 Å². The fraction of sp³-hybridized carbons (Fsp3) is 0.222. The van der Waals surface area contributed by atoms with Crippen LogP contribution in [-0.4, -0.2) is 13.0 Å². The van der Waals surface area contributed by atoms with E-state index in [1.54, 1.807) is 12.3 Å². The van der Waals surface area contributed by atoms with Crippen molar-refractivity contribution >= 4 is 20.7 Å². The first-order valence-electron chi connectivity index (χ1n) is 7.56. The molecule has 2 aromatic carbocycles. The van der Waals surface area contributed by atoms with E-state index in [0.29, 0.717) is 10.5 Å². The molecule has 0 unspecified atom stereocenters. The second-order valence-corrected chi connectivity index (χ2v) is 7.55. The van der Waals surface area contributed by atoms with Crippen molar-refractivity contribution in [3.8, 4) is 0 Å². The van der Waals surface area contributed by atoms with E-state index in [2.05, 4.69) is 6.92 Å². The van der Waals surface area contributed by atoms with Gasteiger partial charge in [-0.3, -0.25) is 0 Å². The SMILES string of the molecule is CCCn1cc(S(=O)(=O)Cc2cccc(F)c2)c2ccccc21. The van der Waals surface area contributed by atoms with E-state index in [-0.39, 0.29) is 5.75 Å². The van der Waals surface area contributed by atoms with Crippen LogP contribution in [0.5, 0.6) is 0 Å². The van der Waals surface area contributed by atoms with Crippen LogP contribution in [0.1, 0.15) is 18.9 Å². The van der Waals surface area contributed by atoms with Crippen molar-refractivity contribution in [1.82, 2.24) is 4.57 Å². The Morgan fingerprint density at radius 3 is 2.61 bits per heavy atom. The molecule has 5 heteroatoms. The van der Waals surface area contributed by atoms with Crippen LogP contribution in [0.15, 0.2) is 59.6 Å². The summed E-state index contributed by atoms with van der Waals surface area (Å²) in [6.45, 7) is 2.81. The Morgan fingerprint density at radius 2 is 1.87 bits per heavy atom. The van der Waals surface area contributed by atoms with Crippen molar-refractivity contribution in [3.05, 3.63) is 66.1 Å². The molecular formula is C18H18FNO2S. The molecule has 3 nitrogen and oxygen atoms in total. The van der Waals surface area contributed by atoms with Crippen LogP contribution in [0.4, 0.5) is 4.39 Å². The summed E-state index contributed by atoms with van der Waals surface area (Å²) in [5.74, 6) is -0.628. The lowest BCUT2D eigenvalue weighted by Gasteiger charge is -2.04. The number of hydrogen-bond donors (Lipinski definition) is 0. The summed E-state index contributed by atoms with van der Waals surface area (Å²) in [5, 5.41) is 0.720. The van der Waals surface area contributed by atoms with Gasteiger partial charge in [-0.05, 0) is 30.2 Å². The van der Waals surface area contributed by atoms with E-state index < -0.39 is 15.7 Å². The van der Waals surface area contributed by atoms with Crippen LogP contribution < -0.4 is 0 Å². The average Bonchev–Trinajstić information content (AvgIpc) is 2.87. The van der Waals surface area contributed by atoms with Crippen molar-refractivity contribution in [1.29, 1.82) is 0 Å². The number of rotatable bonds is 5. The first-order chi connectivity index (χ1) is 11.0. The van der Waals surface area contributed by atoms with Crippen LogP contribution in [0, 0.1) is 5.82 Å². The van der Waals surface area contributed by atoms with Gasteiger partial charge >= 0.3 is 0 Å². The predicted octanol–water partition coefficient (Wildman–Crippen LogP) is 4.16. The highest BCUT2D eigenvalue weighted by Crippen LogP contribution is 2.28. The Balaban J connectivity index is 2.08. The maximum Gasteiger partial charge on any atom is 0.184 e. The molecule has 0 fully saturated rings. The largest absolute Gasteiger partial charge is 0.346 e. The summed E-state index contributed by atoms with van der Waals surface area (Å²) < 4.78 is 40.9. The minimum Gasteiger partial charge on any atom is -0.346 e. The molecule has 0 radical (unpaired) electrons. The molecule has 0 saturated heterocycles. The van der Waals surface area contributed by atoms with Crippen LogP contribution in [0.3, 0.4) is 0 Å². The highest BCUT2D eigenvalue weighted by atomic mass is 32.2. The zero-order chi connectivity index (χ0) is 16.4. The fourth-order valence-corrected chi connectivity index (χ4v) is 4.38. The summed E-state index contributed by atoms with van der Waals surface area (Å²) >= 11 is 0. The molecule has 0 amide bonds. The standard InChI is InChI=1S/C18H18FNO2S/c1-2-10-20-12-18(16-8-3-4-9-17(16)20)23(21,22)13-14-6-5-7-15(19)11-14/h3-9,11-12H,2,10,13H2,1H3. The van der Waals surface area contributed by atoms with Gasteiger partial charge < -0.3 is 4.57 Å². The molecule has 1 heterocycles. The predicted molar refractivity (Wildman–Crippen MR) is 89.5 cm³/mol. The lowest BCUT2D eigenvalue weighted by molar-refractivity contribution is 0.594. The number of benzene rings is 2. The number of aryl methyl sites for hydroxylation is 1. The normalized spacial score (nSPS) is 11.9. The zero-order valence-corrected chi connectivity index (χ0v) is 13.7. The minimum absolute atomic E-state index is 0.203. The fourth-order valence-electron chi connectivity index (χ4n) is 2.81. The van der Waals surface area contributed by atoms with Crippen molar-refractivity contribution in [3.63, 3.8) is 0 Å². The highest BCUT2D eigenvalue weighted by molar-refractivity contribution is 7.90. The van der Waals surface area contributed by atoms with Gasteiger partial charge in [0, 0.05) is 23.6 Å². The van der Waals surface area contributed by atoms with Gasteiger partial charge in [0.25, 0.3) is 0 Å². The van der Waals surface area contributed by atoms with E-state index in [9.17, 15) is 12.8 Å². The van der Waals surface area contributed by atoms with E-state index in [1.165, 1.54) is 18.2 Å². The molecule has 0 N–H and O–H groups in total. The van der Waals surface area contributed by atoms with Crippen LogP contribution in [0.25, 0.3) is 10.9 Å². The lowest BCUT2D eigenvalue weighted by atomic mass is 10.2. The molecule has 0 bridgehead atoms. The third kappa shape index (κ3) is 3.15. The number of nitrogens with zero attached hydrogens (tertiary/aromatic N) is 1. The van der Waals surface area contributed by atoms with Crippen LogP contribution in [0.2, 0.25) is 0 Å². The van der Waals surface area contributed by atoms with E-state index in [4.69, 9.17) is 0 Å². The smallest absolute Gasteiger partial charge is 0.184 e. The molecule has 0 aliphatic carbocycles. The summed E-state index contributed by atoms with van der Waals surface area (Å²) in [6.07, 6.45) is 2.62. The number of aromatic nitrogens is 1. The van der Waals surface area contributed by atoms with Gasteiger partial charge in [0.1, 0.15) is 5.82 Å². The van der Waals surface area contributed by atoms with E-state index >= 15 is 0 Å². The zero-order valence-electron chi connectivity index (χ0n) is 12.9. The quantitative estimate of drug-likeness (QED) is 0.704. The van der Waals surface area contributed by atoms with Gasteiger partial charge in [0.05, 0.1) is 10.6 Å². The third-order valence-corrected chi connectivity index (χ3v) is 5.51. The van der Waals surface area contributed by atoms with Gasteiger partial charge in [0.2, 0.25) is 0 Å². The highest BCUT2D eigenvalue weighted by Gasteiger charge is 2.21. The van der Waals surface area contributed by atoms with Crippen molar-refractivity contribution in [2.24, 2.45) is 0 Å². The Labute approximate surface area is 135 Å². The van der Waals surface area contributed by atoms with Gasteiger partial charge in [-0.1, -0.05) is 37.3 Å². The summed E-state index contributed by atoms with van der Waals surface area (Å²) in [4.78, 5) is 0.311. The molecule has 3 aromatic rings. The van der Waals surface area contributed by atoms with Gasteiger partial charge in [-0.25, -0.2) is 12.8 Å². The maximum absolute atomic E-state index is 13.3. The van der Waals surface area contributed by atoms with Crippen molar-refractivity contribution in [2.75, 3.05) is 0 Å². The van der Waals surface area contributed by atoms with E-state index in [0.717, 1.165) is 23.9 Å². The molecule has 3 rings (SSSR count). The van der Waals surface area contributed by atoms with Gasteiger partial charge in [0.15, 0.2) is 9.84 Å². The third-order valence-electron chi connectivity index (χ3n) is 3.80. The molecule has 120 valence electrons. The number of fused-ring (bicyclic) bond motifs is 1. The monoisotopic (exact) mass is 331 g/mol. The molecule has 0 aliphatic rings. The second-order valence-electron chi connectivity index (χ2n) is 5.59. The molecule has 0 spiro atoms. The molecule has 0 atom stereocenters. The topological polar surface area (TPSA) is 39.1 Å². The minimum atomic E-state index is -3.54. The van der Waals surface area contributed by atoms with E-state index in [1.807, 2.05) is 28.8 Å². The molecule has 1 aromatic heterocycles. The Hall–Kier alpha value is -2.14. The van der Waals surface area contributed by atoms with Crippen molar-refractivity contribution in [2.45, 2.75) is 30.5 Å². The second kappa shape index (κ2) is 6.16. The first kappa shape index (κ1) is 15.7. The van der Waals surface area contributed by atoms with Gasteiger partial charge in [-0.15, -0.1) is 0 Å². The van der Waals surface area contributed by atoms with Gasteiger partial charge in [-0.2, -0.15) is 0 Å². The molecule has 0 saturated carbocycles. The number of halogens is 1. The molecule has 23 heavy (non-hydrogen) atoms. The van der Waals surface area contributed by atoms with Crippen molar-refractivity contribution < 1.29 is 12.8 Å². The summed E-state index contributed by atoms with van der Waals surface area (Å²) in [5.41, 5.74) is 1.37. The average molecular weight is 331 g/mol. The Kier molecular flexibility index (Phi) is 4.22. The Morgan fingerprint density at radius 1 is 1.09 bits per heavy atom. The maximum atomic E-state index is 13.3. The number of hydrogen-bond acceptors (Lipinski definition) is 2. The number of para-hydroxylation sites is 1. The molecule has 0 aliphatic heterocycles. The first-order valence-corrected chi connectivity index (χ1v) is 9.21. The summed E-state index contributed by atoms with van der Waals surface area (Å²) in [6, 6.07) is 13.2. The lowest BCUT2D eigenvalue weighted by Crippen LogP contribution is -2.05. The molecular weight excluding hydrogens is 313 g/mol. The summed E-state index contributed by atoms with van der Waals surface area (Å²) in [7, 11) is -3.54. The van der Waals surface area contributed by atoms with Crippen LogP contribution in [-0.2, 0) is 22.1 Å². The Bertz CT molecular complexity index is 945.